The normalized spacial score (nSPS) is 12.1. The zero-order chi connectivity index (χ0) is 13.1. The lowest BCUT2D eigenvalue weighted by atomic mass is 10.1. The summed E-state index contributed by atoms with van der Waals surface area (Å²) in [6.45, 7) is 1.73. The quantitative estimate of drug-likeness (QED) is 0.636. The number of ether oxygens (including phenoxy) is 1. The maximum absolute atomic E-state index is 11.4. The fourth-order valence-electron chi connectivity index (χ4n) is 1.78. The number of anilines is 2. The van der Waals surface area contributed by atoms with E-state index in [1.54, 1.807) is 19.2 Å². The smallest absolute Gasteiger partial charge is 0.327 e. The monoisotopic (exact) mass is 245 g/mol. The number of esters is 1. The summed E-state index contributed by atoms with van der Waals surface area (Å²) in [6.07, 6.45) is 1.69. The van der Waals surface area contributed by atoms with Gasteiger partial charge in [0.05, 0.1) is 18.3 Å². The minimum absolute atomic E-state index is 0.323. The molecule has 3 N–H and O–H groups in total. The van der Waals surface area contributed by atoms with Crippen LogP contribution in [0.5, 0.6) is 0 Å². The number of nitrogens with two attached hydrogens (primary N) is 1. The number of nitrogens with zero attached hydrogens (tertiary/aromatic N) is 1. The van der Waals surface area contributed by atoms with Crippen molar-refractivity contribution in [2.45, 2.75) is 13.0 Å². The summed E-state index contributed by atoms with van der Waals surface area (Å²) in [5, 5.41) is 3.93. The first kappa shape index (κ1) is 12.2. The average molecular weight is 245 g/mol. The van der Waals surface area contributed by atoms with Crippen LogP contribution >= 0.6 is 0 Å². The number of nitrogen functional groups attached to an aromatic ring is 1. The molecule has 5 heteroatoms. The van der Waals surface area contributed by atoms with Gasteiger partial charge in [-0.3, -0.25) is 4.98 Å². The first-order chi connectivity index (χ1) is 8.63. The highest BCUT2D eigenvalue weighted by Gasteiger charge is 2.14. The maximum atomic E-state index is 11.4. The van der Waals surface area contributed by atoms with E-state index in [-0.39, 0.29) is 5.97 Å². The third-order valence-electron chi connectivity index (χ3n) is 2.73. The third-order valence-corrected chi connectivity index (χ3v) is 2.73. The molecule has 0 radical (unpaired) electrons. The second-order valence-corrected chi connectivity index (χ2v) is 3.99. The number of methoxy groups -OCH3 is 1. The van der Waals surface area contributed by atoms with Gasteiger partial charge in [-0.15, -0.1) is 0 Å². The molecular formula is C13H15N3O2. The molecule has 1 aromatic heterocycles. The van der Waals surface area contributed by atoms with Crippen molar-refractivity contribution in [3.8, 4) is 0 Å². The Morgan fingerprint density at radius 2 is 2.22 bits per heavy atom. The van der Waals surface area contributed by atoms with Crippen molar-refractivity contribution in [1.29, 1.82) is 0 Å². The lowest BCUT2D eigenvalue weighted by Gasteiger charge is -2.15. The van der Waals surface area contributed by atoms with E-state index >= 15 is 0 Å². The van der Waals surface area contributed by atoms with Crippen LogP contribution in [0, 0.1) is 0 Å². The number of hydrogen-bond acceptors (Lipinski definition) is 5. The van der Waals surface area contributed by atoms with Gasteiger partial charge in [-0.1, -0.05) is 0 Å². The molecule has 1 unspecified atom stereocenters. The van der Waals surface area contributed by atoms with Crippen molar-refractivity contribution in [2.75, 3.05) is 18.2 Å². The van der Waals surface area contributed by atoms with E-state index in [0.29, 0.717) is 5.69 Å². The molecule has 0 amide bonds. The Balaban J connectivity index is 2.40. The van der Waals surface area contributed by atoms with Gasteiger partial charge in [0.2, 0.25) is 0 Å². The molecule has 5 nitrogen and oxygen atoms in total. The van der Waals surface area contributed by atoms with Crippen molar-refractivity contribution >= 4 is 28.2 Å². The van der Waals surface area contributed by atoms with Gasteiger partial charge in [0, 0.05) is 17.3 Å². The van der Waals surface area contributed by atoms with Crippen LogP contribution in [0.4, 0.5) is 11.4 Å². The topological polar surface area (TPSA) is 77.2 Å². The van der Waals surface area contributed by atoms with Crippen LogP contribution in [0.3, 0.4) is 0 Å². The molecule has 18 heavy (non-hydrogen) atoms. The molecule has 0 fully saturated rings. The number of aromatic nitrogens is 1. The summed E-state index contributed by atoms with van der Waals surface area (Å²) in [7, 11) is 1.36. The number of carbonyl (C=O) groups is 1. The molecule has 1 heterocycles. The highest BCUT2D eigenvalue weighted by atomic mass is 16.5. The second-order valence-electron chi connectivity index (χ2n) is 3.99. The zero-order valence-corrected chi connectivity index (χ0v) is 10.3. The second kappa shape index (κ2) is 4.91. The SMILES string of the molecule is COC(=O)C(C)Nc1ccc(N)c2cccnc12. The van der Waals surface area contributed by atoms with Gasteiger partial charge >= 0.3 is 5.97 Å². The summed E-state index contributed by atoms with van der Waals surface area (Å²) in [4.78, 5) is 15.7. The molecule has 1 aromatic carbocycles. The molecule has 0 saturated heterocycles. The Morgan fingerprint density at radius 1 is 1.44 bits per heavy atom. The number of nitrogens with one attached hydrogen (secondary N) is 1. The van der Waals surface area contributed by atoms with E-state index in [4.69, 9.17) is 5.73 Å². The van der Waals surface area contributed by atoms with Crippen LogP contribution < -0.4 is 11.1 Å². The summed E-state index contributed by atoms with van der Waals surface area (Å²) in [5.41, 5.74) is 8.05. The Morgan fingerprint density at radius 3 is 2.94 bits per heavy atom. The first-order valence-electron chi connectivity index (χ1n) is 5.61. The van der Waals surface area contributed by atoms with Crippen LogP contribution in [0.25, 0.3) is 10.9 Å². The molecule has 0 aliphatic rings. The van der Waals surface area contributed by atoms with Crippen LogP contribution in [-0.2, 0) is 9.53 Å². The molecule has 0 spiro atoms. The number of rotatable bonds is 3. The van der Waals surface area contributed by atoms with Gasteiger partial charge in [-0.05, 0) is 31.2 Å². The first-order valence-corrected chi connectivity index (χ1v) is 5.61. The van der Waals surface area contributed by atoms with Gasteiger partial charge in [-0.25, -0.2) is 4.79 Å². The number of hydrogen-bond donors (Lipinski definition) is 2. The van der Waals surface area contributed by atoms with Crippen molar-refractivity contribution < 1.29 is 9.53 Å². The summed E-state index contributed by atoms with van der Waals surface area (Å²) >= 11 is 0. The third kappa shape index (κ3) is 2.20. The lowest BCUT2D eigenvalue weighted by Crippen LogP contribution is -2.27. The fraction of sp³-hybridized carbons (Fsp3) is 0.231. The van der Waals surface area contributed by atoms with Gasteiger partial charge in [0.1, 0.15) is 6.04 Å². The Bertz CT molecular complexity index is 583. The van der Waals surface area contributed by atoms with E-state index in [9.17, 15) is 4.79 Å². The Labute approximate surface area is 105 Å². The molecule has 1 atom stereocenters. The van der Waals surface area contributed by atoms with Gasteiger partial charge in [0.25, 0.3) is 0 Å². The van der Waals surface area contributed by atoms with E-state index in [0.717, 1.165) is 16.6 Å². The minimum Gasteiger partial charge on any atom is -0.467 e. The van der Waals surface area contributed by atoms with Crippen molar-refractivity contribution in [2.24, 2.45) is 0 Å². The summed E-state index contributed by atoms with van der Waals surface area (Å²) in [5.74, 6) is -0.323. The highest BCUT2D eigenvalue weighted by molar-refractivity contribution is 5.99. The predicted octanol–water partition coefficient (Wildman–Crippen LogP) is 1.79. The number of fused-ring (bicyclic) bond motifs is 1. The van der Waals surface area contributed by atoms with Crippen LogP contribution in [0.15, 0.2) is 30.5 Å². The van der Waals surface area contributed by atoms with E-state index in [2.05, 4.69) is 15.0 Å². The molecule has 0 bridgehead atoms. The Kier molecular flexibility index (Phi) is 3.32. The predicted molar refractivity (Wildman–Crippen MR) is 71.3 cm³/mol. The molecular weight excluding hydrogens is 230 g/mol. The van der Waals surface area contributed by atoms with Gasteiger partial charge in [0.15, 0.2) is 0 Å². The summed E-state index contributed by atoms with van der Waals surface area (Å²) in [6, 6.07) is 6.88. The molecule has 94 valence electrons. The molecule has 0 saturated carbocycles. The standard InChI is InChI=1S/C13H15N3O2/c1-8(13(17)18-2)16-11-6-5-10(14)9-4-3-7-15-12(9)11/h3-8,16H,14H2,1-2H3. The zero-order valence-electron chi connectivity index (χ0n) is 10.3. The minimum atomic E-state index is -0.441. The number of pyridine rings is 1. The fourth-order valence-corrected chi connectivity index (χ4v) is 1.78. The molecule has 2 aromatic rings. The van der Waals surface area contributed by atoms with E-state index < -0.39 is 6.04 Å². The van der Waals surface area contributed by atoms with Crippen molar-refractivity contribution in [1.82, 2.24) is 4.98 Å². The average Bonchev–Trinajstić information content (AvgIpc) is 2.41. The van der Waals surface area contributed by atoms with Crippen LogP contribution in [0.1, 0.15) is 6.92 Å². The maximum Gasteiger partial charge on any atom is 0.327 e. The van der Waals surface area contributed by atoms with Crippen molar-refractivity contribution in [3.05, 3.63) is 30.5 Å². The van der Waals surface area contributed by atoms with Crippen molar-refractivity contribution in [3.63, 3.8) is 0 Å². The number of carbonyl (C=O) groups excluding carboxylic acids is 1. The number of benzene rings is 1. The van der Waals surface area contributed by atoms with E-state index in [1.165, 1.54) is 7.11 Å². The summed E-state index contributed by atoms with van der Waals surface area (Å²) < 4.78 is 4.67. The van der Waals surface area contributed by atoms with Crippen LogP contribution in [0.2, 0.25) is 0 Å². The van der Waals surface area contributed by atoms with Gasteiger partial charge < -0.3 is 15.8 Å². The van der Waals surface area contributed by atoms with Crippen LogP contribution in [-0.4, -0.2) is 24.1 Å². The highest BCUT2D eigenvalue weighted by Crippen LogP contribution is 2.26. The van der Waals surface area contributed by atoms with E-state index in [1.807, 2.05) is 18.2 Å². The largest absolute Gasteiger partial charge is 0.467 e. The molecule has 0 aliphatic carbocycles. The lowest BCUT2D eigenvalue weighted by molar-refractivity contribution is -0.141. The molecule has 0 aliphatic heterocycles. The molecule has 2 rings (SSSR count). The van der Waals surface area contributed by atoms with Gasteiger partial charge in [-0.2, -0.15) is 0 Å². The Hall–Kier alpha value is -2.30.